The van der Waals surface area contributed by atoms with Gasteiger partial charge >= 0.3 is 0 Å². The van der Waals surface area contributed by atoms with E-state index >= 15 is 0 Å². The maximum atomic E-state index is 5.95. The molecule has 5 nitrogen and oxygen atoms in total. The molecule has 2 N–H and O–H groups in total. The minimum absolute atomic E-state index is 0. The van der Waals surface area contributed by atoms with Crippen LogP contribution < -0.4 is 10.6 Å². The number of hydrogen-bond donors (Lipinski definition) is 2. The summed E-state index contributed by atoms with van der Waals surface area (Å²) in [6.07, 6.45) is 2.72. The SMILES string of the molecule is CCN=C(NC1CC(C)N(Cc2ccccc2)C1)NC1C2CCOC2C1(C)C.I. The molecule has 0 bridgehead atoms. The normalized spacial score (nSPS) is 33.5. The molecule has 6 heteroatoms. The van der Waals surface area contributed by atoms with Gasteiger partial charge in [-0.15, -0.1) is 24.0 Å². The highest BCUT2D eigenvalue weighted by atomic mass is 127. The van der Waals surface area contributed by atoms with Crippen molar-refractivity contribution in [2.24, 2.45) is 16.3 Å². The zero-order valence-electron chi connectivity index (χ0n) is 18.2. The van der Waals surface area contributed by atoms with Crippen molar-refractivity contribution in [1.82, 2.24) is 15.5 Å². The van der Waals surface area contributed by atoms with Gasteiger partial charge in [0.1, 0.15) is 0 Å². The lowest BCUT2D eigenvalue weighted by Gasteiger charge is -2.55. The number of aliphatic imine (C=N–C) groups is 1. The number of ether oxygens (including phenoxy) is 1. The molecule has 4 rings (SSSR count). The van der Waals surface area contributed by atoms with Gasteiger partial charge in [-0.05, 0) is 32.3 Å². The van der Waals surface area contributed by atoms with E-state index in [-0.39, 0.29) is 29.4 Å². The van der Waals surface area contributed by atoms with Crippen molar-refractivity contribution >= 4 is 29.9 Å². The molecule has 1 saturated carbocycles. The molecule has 5 atom stereocenters. The number of likely N-dealkylation sites (tertiary alicyclic amines) is 1. The van der Waals surface area contributed by atoms with E-state index in [0.29, 0.717) is 30.1 Å². The molecule has 2 heterocycles. The maximum Gasteiger partial charge on any atom is 0.191 e. The molecule has 2 saturated heterocycles. The first kappa shape index (κ1) is 22.8. The average Bonchev–Trinajstić information content (AvgIpc) is 3.26. The topological polar surface area (TPSA) is 48.9 Å². The van der Waals surface area contributed by atoms with Crippen LogP contribution in [0, 0.1) is 11.3 Å². The fourth-order valence-corrected chi connectivity index (χ4v) is 5.49. The minimum Gasteiger partial charge on any atom is -0.377 e. The summed E-state index contributed by atoms with van der Waals surface area (Å²) >= 11 is 0. The van der Waals surface area contributed by atoms with Crippen molar-refractivity contribution in [1.29, 1.82) is 0 Å². The quantitative estimate of drug-likeness (QED) is 0.360. The molecule has 2 aliphatic heterocycles. The van der Waals surface area contributed by atoms with E-state index in [1.165, 1.54) is 5.56 Å². The van der Waals surface area contributed by atoms with Crippen molar-refractivity contribution < 1.29 is 4.74 Å². The van der Waals surface area contributed by atoms with Crippen molar-refractivity contribution in [3.8, 4) is 0 Å². The van der Waals surface area contributed by atoms with Crippen molar-refractivity contribution in [2.75, 3.05) is 19.7 Å². The summed E-state index contributed by atoms with van der Waals surface area (Å²) < 4.78 is 5.95. The van der Waals surface area contributed by atoms with E-state index in [0.717, 1.165) is 45.0 Å². The van der Waals surface area contributed by atoms with Gasteiger partial charge in [0.15, 0.2) is 5.96 Å². The van der Waals surface area contributed by atoms with Gasteiger partial charge in [0.25, 0.3) is 0 Å². The second-order valence-electron chi connectivity index (χ2n) is 9.35. The van der Waals surface area contributed by atoms with E-state index in [2.05, 4.69) is 73.6 Å². The van der Waals surface area contributed by atoms with Crippen LogP contribution in [0.2, 0.25) is 0 Å². The predicted octanol–water partition coefficient (Wildman–Crippen LogP) is 3.64. The largest absolute Gasteiger partial charge is 0.377 e. The summed E-state index contributed by atoms with van der Waals surface area (Å²) in [6, 6.07) is 12.2. The number of nitrogens with zero attached hydrogens (tertiary/aromatic N) is 2. The number of nitrogens with one attached hydrogen (secondary N) is 2. The highest BCUT2D eigenvalue weighted by molar-refractivity contribution is 14.0. The summed E-state index contributed by atoms with van der Waals surface area (Å²) in [5.41, 5.74) is 1.55. The molecular weight excluding hydrogens is 475 g/mol. The number of benzene rings is 1. The molecule has 0 amide bonds. The Bertz CT molecular complexity index is 695. The van der Waals surface area contributed by atoms with E-state index in [1.807, 2.05) is 0 Å². The highest BCUT2D eigenvalue weighted by Crippen LogP contribution is 2.52. The van der Waals surface area contributed by atoms with Gasteiger partial charge in [-0.1, -0.05) is 44.2 Å². The summed E-state index contributed by atoms with van der Waals surface area (Å²) in [7, 11) is 0. The Labute approximate surface area is 193 Å². The lowest BCUT2D eigenvalue weighted by atomic mass is 9.57. The van der Waals surface area contributed by atoms with Crippen LogP contribution in [0.3, 0.4) is 0 Å². The lowest BCUT2D eigenvalue weighted by molar-refractivity contribution is -0.106. The Morgan fingerprint density at radius 2 is 2.00 bits per heavy atom. The summed E-state index contributed by atoms with van der Waals surface area (Å²) in [5.74, 6) is 1.60. The lowest BCUT2D eigenvalue weighted by Crippen LogP contribution is -2.68. The van der Waals surface area contributed by atoms with Gasteiger partial charge in [0.2, 0.25) is 0 Å². The van der Waals surface area contributed by atoms with Crippen LogP contribution >= 0.6 is 24.0 Å². The first-order valence-electron chi connectivity index (χ1n) is 11.0. The van der Waals surface area contributed by atoms with Crippen LogP contribution in [-0.4, -0.2) is 54.8 Å². The molecular formula is C23H37IN4O. The molecule has 1 aliphatic carbocycles. The minimum atomic E-state index is 0. The van der Waals surface area contributed by atoms with Crippen LogP contribution in [0.1, 0.15) is 46.1 Å². The van der Waals surface area contributed by atoms with Crippen molar-refractivity contribution in [2.45, 2.75) is 71.3 Å². The Morgan fingerprint density at radius 1 is 1.24 bits per heavy atom. The number of hydrogen-bond acceptors (Lipinski definition) is 3. The molecule has 1 aromatic carbocycles. The summed E-state index contributed by atoms with van der Waals surface area (Å²) in [4.78, 5) is 7.33. The van der Waals surface area contributed by atoms with E-state index in [1.54, 1.807) is 0 Å². The third-order valence-electron chi connectivity index (χ3n) is 6.98. The second kappa shape index (κ2) is 9.52. The van der Waals surface area contributed by atoms with Crippen LogP contribution in [0.25, 0.3) is 0 Å². The smallest absolute Gasteiger partial charge is 0.191 e. The van der Waals surface area contributed by atoms with E-state index in [9.17, 15) is 0 Å². The molecule has 3 aliphatic rings. The van der Waals surface area contributed by atoms with Gasteiger partial charge in [0.05, 0.1) is 6.10 Å². The molecule has 1 aromatic rings. The first-order valence-corrected chi connectivity index (χ1v) is 11.0. The van der Waals surface area contributed by atoms with Crippen molar-refractivity contribution in [3.63, 3.8) is 0 Å². The molecule has 162 valence electrons. The van der Waals surface area contributed by atoms with Crippen LogP contribution in [0.4, 0.5) is 0 Å². The summed E-state index contributed by atoms with van der Waals surface area (Å²) in [5, 5.41) is 7.50. The Morgan fingerprint density at radius 3 is 2.72 bits per heavy atom. The third-order valence-corrected chi connectivity index (χ3v) is 6.98. The molecule has 0 radical (unpaired) electrons. The van der Waals surface area contributed by atoms with Crippen LogP contribution in [-0.2, 0) is 11.3 Å². The monoisotopic (exact) mass is 512 g/mol. The molecule has 0 spiro atoms. The Kier molecular flexibility index (Phi) is 7.49. The molecule has 29 heavy (non-hydrogen) atoms. The standard InChI is InChI=1S/C23H36N4O.HI/c1-5-24-22(26-20-19-11-12-28-21(19)23(20,3)4)25-18-13-16(2)27(15-18)14-17-9-7-6-8-10-17;/h6-10,16,18-21H,5,11-15H2,1-4H3,(H2,24,25,26);1H. The zero-order valence-corrected chi connectivity index (χ0v) is 20.6. The maximum absolute atomic E-state index is 5.95. The van der Waals surface area contributed by atoms with Gasteiger partial charge < -0.3 is 15.4 Å². The van der Waals surface area contributed by atoms with Crippen LogP contribution in [0.5, 0.6) is 0 Å². The Balaban J connectivity index is 0.00000240. The van der Waals surface area contributed by atoms with Gasteiger partial charge in [-0.3, -0.25) is 9.89 Å². The first-order chi connectivity index (χ1) is 13.5. The fourth-order valence-electron chi connectivity index (χ4n) is 5.49. The van der Waals surface area contributed by atoms with Crippen molar-refractivity contribution in [3.05, 3.63) is 35.9 Å². The average molecular weight is 512 g/mol. The third kappa shape index (κ3) is 4.74. The zero-order chi connectivity index (χ0) is 19.7. The molecule has 0 aromatic heterocycles. The second-order valence-corrected chi connectivity index (χ2v) is 9.35. The molecule has 3 fully saturated rings. The number of halogens is 1. The predicted molar refractivity (Wildman–Crippen MR) is 130 cm³/mol. The Hall–Kier alpha value is -0.860. The number of guanidine groups is 1. The number of fused-ring (bicyclic) bond motifs is 1. The fraction of sp³-hybridized carbons (Fsp3) is 0.696. The molecule has 5 unspecified atom stereocenters. The van der Waals surface area contributed by atoms with E-state index in [4.69, 9.17) is 9.73 Å². The van der Waals surface area contributed by atoms with Gasteiger partial charge in [-0.2, -0.15) is 0 Å². The number of rotatable bonds is 5. The van der Waals surface area contributed by atoms with Crippen LogP contribution in [0.15, 0.2) is 35.3 Å². The highest BCUT2D eigenvalue weighted by Gasteiger charge is 2.59. The van der Waals surface area contributed by atoms with Gasteiger partial charge in [-0.25, -0.2) is 0 Å². The summed E-state index contributed by atoms with van der Waals surface area (Å²) in [6.45, 7) is 12.9. The van der Waals surface area contributed by atoms with Gasteiger partial charge in [0, 0.05) is 55.7 Å². The van der Waals surface area contributed by atoms with E-state index < -0.39 is 0 Å².